The second kappa shape index (κ2) is 11.0. The van der Waals surface area contributed by atoms with Gasteiger partial charge in [0.05, 0.1) is 6.54 Å². The highest BCUT2D eigenvalue weighted by molar-refractivity contribution is 5.98. The Labute approximate surface area is 227 Å². The Bertz CT molecular complexity index is 1620. The minimum atomic E-state index is 0.661. The van der Waals surface area contributed by atoms with E-state index in [0.29, 0.717) is 6.54 Å². The van der Waals surface area contributed by atoms with Gasteiger partial charge in [-0.15, -0.1) is 0 Å². The third kappa shape index (κ3) is 5.10. The number of aryl methyl sites for hydroxylation is 4. The Hall–Kier alpha value is -4.23. The summed E-state index contributed by atoms with van der Waals surface area (Å²) in [5, 5.41) is 0. The van der Waals surface area contributed by atoms with E-state index in [-0.39, 0.29) is 0 Å². The number of rotatable bonds is 6. The van der Waals surface area contributed by atoms with Gasteiger partial charge < -0.3 is 0 Å². The average Bonchev–Trinajstić information content (AvgIpc) is 2.93. The Morgan fingerprint density at radius 3 is 1.68 bits per heavy atom. The molecule has 0 saturated carbocycles. The van der Waals surface area contributed by atoms with Crippen molar-refractivity contribution in [2.75, 3.05) is 0 Å². The molecule has 0 unspecified atom stereocenters. The Balaban J connectivity index is 1.63. The number of aliphatic imine (C=N–C) groups is 1. The van der Waals surface area contributed by atoms with E-state index in [1.54, 1.807) is 0 Å². The van der Waals surface area contributed by atoms with Gasteiger partial charge in [0.1, 0.15) is 0 Å². The standard InChI is InChI=1S/C37H35N/c1-25-13-9-10-18-32(25)36-27(3)14-11-19-33(36)34-20-12-15-28(4)37(34)35-23-30(22-21-26(35)2)24-38-29(5)31-16-7-6-8-17-31/h6-23H,24H2,1-5H3. The van der Waals surface area contributed by atoms with Gasteiger partial charge in [-0.3, -0.25) is 4.99 Å². The topological polar surface area (TPSA) is 12.4 Å². The molecular formula is C37H35N. The minimum Gasteiger partial charge on any atom is -0.285 e. The van der Waals surface area contributed by atoms with Gasteiger partial charge in [-0.25, -0.2) is 0 Å². The van der Waals surface area contributed by atoms with Crippen LogP contribution in [0.15, 0.2) is 114 Å². The summed E-state index contributed by atoms with van der Waals surface area (Å²) >= 11 is 0. The van der Waals surface area contributed by atoms with Crippen LogP contribution >= 0.6 is 0 Å². The normalized spacial score (nSPS) is 11.6. The first kappa shape index (κ1) is 25.4. The van der Waals surface area contributed by atoms with E-state index in [2.05, 4.69) is 138 Å². The van der Waals surface area contributed by atoms with E-state index in [4.69, 9.17) is 4.99 Å². The summed E-state index contributed by atoms with van der Waals surface area (Å²) < 4.78 is 0. The first-order chi connectivity index (χ1) is 18.4. The first-order valence-electron chi connectivity index (χ1n) is 13.4. The van der Waals surface area contributed by atoms with Crippen molar-refractivity contribution in [3.63, 3.8) is 0 Å². The fourth-order valence-corrected chi connectivity index (χ4v) is 5.37. The molecule has 5 aromatic rings. The minimum absolute atomic E-state index is 0.661. The van der Waals surface area contributed by atoms with Crippen molar-refractivity contribution in [2.24, 2.45) is 4.99 Å². The van der Waals surface area contributed by atoms with Crippen LogP contribution in [-0.4, -0.2) is 5.71 Å². The predicted molar refractivity (Wildman–Crippen MR) is 164 cm³/mol. The zero-order valence-corrected chi connectivity index (χ0v) is 23.0. The molecule has 1 heteroatoms. The van der Waals surface area contributed by atoms with E-state index in [0.717, 1.165) is 5.71 Å². The first-order valence-corrected chi connectivity index (χ1v) is 13.4. The van der Waals surface area contributed by atoms with E-state index >= 15 is 0 Å². The predicted octanol–water partition coefficient (Wildman–Crippen LogP) is 9.93. The summed E-state index contributed by atoms with van der Waals surface area (Å²) in [6, 6.07) is 39.3. The van der Waals surface area contributed by atoms with Crippen LogP contribution in [0.5, 0.6) is 0 Å². The van der Waals surface area contributed by atoms with Crippen LogP contribution in [0.3, 0.4) is 0 Å². The molecule has 0 amide bonds. The molecule has 188 valence electrons. The van der Waals surface area contributed by atoms with Crippen LogP contribution in [0.1, 0.15) is 40.3 Å². The molecule has 0 aliphatic carbocycles. The molecule has 0 fully saturated rings. The zero-order valence-electron chi connectivity index (χ0n) is 23.0. The molecule has 5 aromatic carbocycles. The molecule has 0 saturated heterocycles. The molecule has 0 aliphatic heterocycles. The maximum atomic E-state index is 4.92. The quantitative estimate of drug-likeness (QED) is 0.209. The van der Waals surface area contributed by atoms with E-state index < -0.39 is 0 Å². The van der Waals surface area contributed by atoms with Gasteiger partial charge in [0.25, 0.3) is 0 Å². The van der Waals surface area contributed by atoms with Crippen molar-refractivity contribution in [3.8, 4) is 33.4 Å². The smallest absolute Gasteiger partial charge is 0.0643 e. The van der Waals surface area contributed by atoms with E-state index in [1.807, 2.05) is 6.07 Å². The SMILES string of the molecule is CC(=NCc1ccc(C)c(-c2c(C)cccc2-c2cccc(C)c2-c2ccccc2C)c1)c1ccccc1. The number of hydrogen-bond donors (Lipinski definition) is 0. The maximum absolute atomic E-state index is 4.92. The Morgan fingerprint density at radius 2 is 1.03 bits per heavy atom. The molecule has 5 rings (SSSR count). The van der Waals surface area contributed by atoms with Crippen molar-refractivity contribution in [3.05, 3.63) is 143 Å². The van der Waals surface area contributed by atoms with Crippen LogP contribution in [0.2, 0.25) is 0 Å². The fraction of sp³-hybridized carbons (Fsp3) is 0.162. The third-order valence-corrected chi connectivity index (χ3v) is 7.51. The molecule has 0 aliphatic rings. The summed E-state index contributed by atoms with van der Waals surface area (Å²) in [7, 11) is 0. The maximum Gasteiger partial charge on any atom is 0.0643 e. The summed E-state index contributed by atoms with van der Waals surface area (Å²) in [6.07, 6.45) is 0. The Morgan fingerprint density at radius 1 is 0.500 bits per heavy atom. The summed E-state index contributed by atoms with van der Waals surface area (Å²) in [5.74, 6) is 0. The lowest BCUT2D eigenvalue weighted by Gasteiger charge is -2.20. The fourth-order valence-electron chi connectivity index (χ4n) is 5.37. The second-order valence-electron chi connectivity index (χ2n) is 10.2. The summed E-state index contributed by atoms with van der Waals surface area (Å²) in [6.45, 7) is 11.6. The highest BCUT2D eigenvalue weighted by Crippen LogP contribution is 2.42. The van der Waals surface area contributed by atoms with E-state index in [9.17, 15) is 0 Å². The molecule has 0 spiro atoms. The lowest BCUT2D eigenvalue weighted by molar-refractivity contribution is 1.06. The molecule has 0 bridgehead atoms. The highest BCUT2D eigenvalue weighted by atomic mass is 14.7. The third-order valence-electron chi connectivity index (χ3n) is 7.51. The van der Waals surface area contributed by atoms with Crippen molar-refractivity contribution in [1.82, 2.24) is 0 Å². The van der Waals surface area contributed by atoms with Crippen molar-refractivity contribution >= 4 is 5.71 Å². The molecule has 0 N–H and O–H groups in total. The lowest BCUT2D eigenvalue weighted by atomic mass is 9.83. The molecule has 0 radical (unpaired) electrons. The number of benzene rings is 5. The molecule has 0 aromatic heterocycles. The Kier molecular flexibility index (Phi) is 7.38. The van der Waals surface area contributed by atoms with Gasteiger partial charge in [0.15, 0.2) is 0 Å². The zero-order chi connectivity index (χ0) is 26.6. The van der Waals surface area contributed by atoms with Crippen molar-refractivity contribution in [2.45, 2.75) is 41.2 Å². The van der Waals surface area contributed by atoms with Gasteiger partial charge in [-0.05, 0) is 107 Å². The van der Waals surface area contributed by atoms with Gasteiger partial charge in [0, 0.05) is 5.71 Å². The monoisotopic (exact) mass is 493 g/mol. The van der Waals surface area contributed by atoms with Gasteiger partial charge in [-0.1, -0.05) is 103 Å². The molecule has 0 heterocycles. The number of hydrogen-bond acceptors (Lipinski definition) is 1. The van der Waals surface area contributed by atoms with Gasteiger partial charge in [-0.2, -0.15) is 0 Å². The van der Waals surface area contributed by atoms with Crippen LogP contribution in [0, 0.1) is 27.7 Å². The van der Waals surface area contributed by atoms with Crippen LogP contribution in [-0.2, 0) is 6.54 Å². The highest BCUT2D eigenvalue weighted by Gasteiger charge is 2.18. The van der Waals surface area contributed by atoms with Crippen molar-refractivity contribution in [1.29, 1.82) is 0 Å². The van der Waals surface area contributed by atoms with Crippen molar-refractivity contribution < 1.29 is 0 Å². The van der Waals surface area contributed by atoms with Gasteiger partial charge >= 0.3 is 0 Å². The molecule has 38 heavy (non-hydrogen) atoms. The molecular weight excluding hydrogens is 458 g/mol. The number of nitrogens with zero attached hydrogens (tertiary/aromatic N) is 1. The average molecular weight is 494 g/mol. The van der Waals surface area contributed by atoms with E-state index in [1.165, 1.54) is 66.8 Å². The largest absolute Gasteiger partial charge is 0.285 e. The second-order valence-corrected chi connectivity index (χ2v) is 10.2. The lowest BCUT2D eigenvalue weighted by Crippen LogP contribution is -1.98. The summed E-state index contributed by atoms with van der Waals surface area (Å²) in [4.78, 5) is 4.92. The molecule has 1 nitrogen and oxygen atoms in total. The van der Waals surface area contributed by atoms with Crippen LogP contribution < -0.4 is 0 Å². The van der Waals surface area contributed by atoms with Crippen LogP contribution in [0.4, 0.5) is 0 Å². The summed E-state index contributed by atoms with van der Waals surface area (Å²) in [5.41, 5.74) is 16.3. The van der Waals surface area contributed by atoms with Crippen LogP contribution in [0.25, 0.3) is 33.4 Å². The van der Waals surface area contributed by atoms with Gasteiger partial charge in [0.2, 0.25) is 0 Å². The molecule has 0 atom stereocenters.